The Hall–Kier alpha value is -2.13. The van der Waals surface area contributed by atoms with Crippen molar-refractivity contribution in [2.24, 2.45) is 10.9 Å². The molecule has 2 amide bonds. The monoisotopic (exact) mass is 463 g/mol. The molecule has 0 radical (unpaired) electrons. The van der Waals surface area contributed by atoms with Crippen LogP contribution in [0.5, 0.6) is 0 Å². The summed E-state index contributed by atoms with van der Waals surface area (Å²) in [6, 6.07) is 14.8. The highest BCUT2D eigenvalue weighted by molar-refractivity contribution is 14.1. The minimum atomic E-state index is -1.02. The zero-order valence-electron chi connectivity index (χ0n) is 13.3. The third kappa shape index (κ3) is 3.77. The lowest BCUT2D eigenvalue weighted by atomic mass is 10.1. The van der Waals surface area contributed by atoms with Crippen molar-refractivity contribution in [3.8, 4) is 0 Å². The minimum Gasteiger partial charge on any atom is -0.301 e. The molecule has 0 aromatic heterocycles. The van der Waals surface area contributed by atoms with E-state index in [0.29, 0.717) is 11.4 Å². The molecule has 126 valence electrons. The van der Waals surface area contributed by atoms with Gasteiger partial charge in [0.1, 0.15) is 0 Å². The summed E-state index contributed by atoms with van der Waals surface area (Å²) in [7, 11) is 0. The fourth-order valence-corrected chi connectivity index (χ4v) is 3.19. The summed E-state index contributed by atoms with van der Waals surface area (Å²) >= 11 is 7.33. The molecule has 0 aliphatic carbocycles. The normalized spacial score (nSPS) is 17.9. The van der Waals surface area contributed by atoms with Crippen LogP contribution < -0.4 is 10.2 Å². The van der Waals surface area contributed by atoms with Crippen LogP contribution in [0.1, 0.15) is 5.56 Å². The largest absolute Gasteiger partial charge is 0.301 e. The number of carbonyl (C=O) groups excluding carboxylic acids is 2. The summed E-state index contributed by atoms with van der Waals surface area (Å²) < 4.78 is 0.936. The molecule has 1 N–H and O–H groups in total. The van der Waals surface area contributed by atoms with E-state index in [2.05, 4.69) is 32.9 Å². The number of halogens is 1. The van der Waals surface area contributed by atoms with E-state index in [1.165, 1.54) is 11.1 Å². The van der Waals surface area contributed by atoms with Crippen LogP contribution in [-0.2, 0) is 9.59 Å². The first-order valence-electron chi connectivity index (χ1n) is 7.51. The summed E-state index contributed by atoms with van der Waals surface area (Å²) in [5.74, 6) is -1.90. The van der Waals surface area contributed by atoms with Gasteiger partial charge in [-0.1, -0.05) is 29.8 Å². The summed E-state index contributed by atoms with van der Waals surface area (Å²) in [5, 5.41) is 2.66. The van der Waals surface area contributed by atoms with Gasteiger partial charge in [-0.3, -0.25) is 19.5 Å². The molecule has 5 nitrogen and oxygen atoms in total. The highest BCUT2D eigenvalue weighted by atomic mass is 127. The number of nitrogens with one attached hydrogen (secondary N) is 1. The number of para-hydroxylation sites is 1. The third-order valence-electron chi connectivity index (χ3n) is 3.71. The van der Waals surface area contributed by atoms with Crippen molar-refractivity contribution in [3.05, 3.63) is 57.7 Å². The van der Waals surface area contributed by atoms with Crippen LogP contribution in [-0.4, -0.2) is 23.1 Å². The van der Waals surface area contributed by atoms with E-state index >= 15 is 0 Å². The van der Waals surface area contributed by atoms with Crippen molar-refractivity contribution in [1.29, 1.82) is 0 Å². The number of amides is 2. The molecule has 1 heterocycles. The van der Waals surface area contributed by atoms with Gasteiger partial charge in [0.25, 0.3) is 5.91 Å². The Morgan fingerprint density at radius 1 is 1.16 bits per heavy atom. The number of hydrogen-bond donors (Lipinski definition) is 1. The van der Waals surface area contributed by atoms with Crippen molar-refractivity contribution in [3.63, 3.8) is 0 Å². The first-order valence-corrected chi connectivity index (χ1v) is 9.00. The van der Waals surface area contributed by atoms with Crippen LogP contribution in [0.25, 0.3) is 0 Å². The predicted molar refractivity (Wildman–Crippen MR) is 110 cm³/mol. The second-order valence-electron chi connectivity index (χ2n) is 5.51. The third-order valence-corrected chi connectivity index (χ3v) is 4.91. The van der Waals surface area contributed by atoms with E-state index in [4.69, 9.17) is 12.2 Å². The number of aliphatic imine (C=N–C) groups is 1. The quantitative estimate of drug-likeness (QED) is 0.329. The number of benzene rings is 2. The number of anilines is 1. The average Bonchev–Trinajstić information content (AvgIpc) is 2.57. The SMILES string of the molecule is Cc1ccc(N2C(=O)[C@@H](C=Nc3ccccc3I)C(=O)NC2=S)cc1. The number of rotatable bonds is 3. The van der Waals surface area contributed by atoms with Crippen LogP contribution >= 0.6 is 34.8 Å². The lowest BCUT2D eigenvalue weighted by molar-refractivity contribution is -0.130. The molecule has 2 aromatic rings. The van der Waals surface area contributed by atoms with Crippen LogP contribution in [0, 0.1) is 16.4 Å². The molecule has 7 heteroatoms. The molecular weight excluding hydrogens is 449 g/mol. The molecule has 0 spiro atoms. The van der Waals surface area contributed by atoms with E-state index in [-0.39, 0.29) is 5.11 Å². The summed E-state index contributed by atoms with van der Waals surface area (Å²) in [6.07, 6.45) is 1.37. The molecule has 0 bridgehead atoms. The maximum absolute atomic E-state index is 12.8. The first kappa shape index (κ1) is 17.7. The highest BCUT2D eigenvalue weighted by Crippen LogP contribution is 2.23. The Morgan fingerprint density at radius 3 is 2.52 bits per heavy atom. The average molecular weight is 463 g/mol. The van der Waals surface area contributed by atoms with Gasteiger partial charge in [-0.15, -0.1) is 0 Å². The number of hydrogen-bond acceptors (Lipinski definition) is 4. The van der Waals surface area contributed by atoms with Crippen molar-refractivity contribution >= 4 is 69.3 Å². The van der Waals surface area contributed by atoms with Gasteiger partial charge in [-0.25, -0.2) is 0 Å². The van der Waals surface area contributed by atoms with Gasteiger partial charge in [0, 0.05) is 9.78 Å². The predicted octanol–water partition coefficient (Wildman–Crippen LogP) is 3.37. The summed E-state index contributed by atoms with van der Waals surface area (Å²) in [6.45, 7) is 1.96. The van der Waals surface area contributed by atoms with Crippen LogP contribution in [0.15, 0.2) is 53.5 Å². The van der Waals surface area contributed by atoms with Gasteiger partial charge >= 0.3 is 0 Å². The number of aryl methyl sites for hydroxylation is 1. The second kappa shape index (κ2) is 7.40. The topological polar surface area (TPSA) is 61.8 Å². The van der Waals surface area contributed by atoms with E-state index in [1.54, 1.807) is 12.1 Å². The van der Waals surface area contributed by atoms with Crippen LogP contribution in [0.3, 0.4) is 0 Å². The Balaban J connectivity index is 1.90. The van der Waals surface area contributed by atoms with E-state index in [9.17, 15) is 9.59 Å². The van der Waals surface area contributed by atoms with Gasteiger partial charge < -0.3 is 5.32 Å². The van der Waals surface area contributed by atoms with Crippen LogP contribution in [0.2, 0.25) is 0 Å². The standard InChI is InChI=1S/C18H14IN3O2S/c1-11-6-8-12(9-7-11)22-17(24)13(16(23)21-18(22)25)10-20-15-5-3-2-4-14(15)19/h2-10,13H,1H3,(H,21,23,25)/t13-/m0/s1. The Labute approximate surface area is 164 Å². The molecule has 1 atom stereocenters. The van der Waals surface area contributed by atoms with Gasteiger partial charge in [0.15, 0.2) is 11.0 Å². The molecule has 25 heavy (non-hydrogen) atoms. The highest BCUT2D eigenvalue weighted by Gasteiger charge is 2.38. The molecule has 0 unspecified atom stereocenters. The lowest BCUT2D eigenvalue weighted by Crippen LogP contribution is -2.58. The summed E-state index contributed by atoms with van der Waals surface area (Å²) in [4.78, 5) is 30.7. The molecule has 1 aliphatic heterocycles. The second-order valence-corrected chi connectivity index (χ2v) is 7.06. The maximum atomic E-state index is 12.8. The van der Waals surface area contributed by atoms with Gasteiger partial charge in [0.05, 0.1) is 11.4 Å². The molecule has 1 aliphatic rings. The van der Waals surface area contributed by atoms with E-state index in [1.807, 2.05) is 43.3 Å². The van der Waals surface area contributed by atoms with Gasteiger partial charge in [0.2, 0.25) is 5.91 Å². The molecule has 3 rings (SSSR count). The lowest BCUT2D eigenvalue weighted by Gasteiger charge is -2.30. The van der Waals surface area contributed by atoms with Gasteiger partial charge in [-0.2, -0.15) is 0 Å². The van der Waals surface area contributed by atoms with E-state index in [0.717, 1.165) is 9.13 Å². The molecular formula is C18H14IN3O2S. The number of nitrogens with zero attached hydrogens (tertiary/aromatic N) is 2. The Morgan fingerprint density at radius 2 is 1.84 bits per heavy atom. The minimum absolute atomic E-state index is 0.0813. The Bertz CT molecular complexity index is 880. The zero-order chi connectivity index (χ0) is 18.0. The van der Waals surface area contributed by atoms with Crippen LogP contribution in [0.4, 0.5) is 11.4 Å². The number of thiocarbonyl (C=S) groups is 1. The Kier molecular flexibility index (Phi) is 5.24. The summed E-state index contributed by atoms with van der Waals surface area (Å²) in [5.41, 5.74) is 2.40. The van der Waals surface area contributed by atoms with E-state index < -0.39 is 17.7 Å². The number of carbonyl (C=O) groups is 2. The maximum Gasteiger partial charge on any atom is 0.251 e. The van der Waals surface area contributed by atoms with Crippen molar-refractivity contribution in [2.45, 2.75) is 6.92 Å². The van der Waals surface area contributed by atoms with Gasteiger partial charge in [-0.05, 0) is 66.0 Å². The van der Waals surface area contributed by atoms with Crippen molar-refractivity contribution in [2.75, 3.05) is 4.90 Å². The molecule has 1 fully saturated rings. The van der Waals surface area contributed by atoms with Crippen molar-refractivity contribution in [1.82, 2.24) is 5.32 Å². The molecule has 0 saturated carbocycles. The molecule has 1 saturated heterocycles. The smallest absolute Gasteiger partial charge is 0.251 e. The fraction of sp³-hybridized carbons (Fsp3) is 0.111. The van der Waals surface area contributed by atoms with Crippen molar-refractivity contribution < 1.29 is 9.59 Å². The molecule has 2 aromatic carbocycles. The first-order chi connectivity index (χ1) is 12.0. The fourth-order valence-electron chi connectivity index (χ4n) is 2.37. The zero-order valence-corrected chi connectivity index (χ0v) is 16.2.